The highest BCUT2D eigenvalue weighted by Crippen LogP contribution is 2.12. The smallest absolute Gasteiger partial charge is 0.191 e. The average molecular weight is 285 g/mol. The van der Waals surface area contributed by atoms with Gasteiger partial charge in [-0.15, -0.1) is 0 Å². The van der Waals surface area contributed by atoms with Gasteiger partial charge in [-0.2, -0.15) is 0 Å². The normalized spacial score (nSPS) is 12.8. The van der Waals surface area contributed by atoms with Crippen LogP contribution in [0.15, 0.2) is 0 Å². The molecule has 0 aromatic heterocycles. The van der Waals surface area contributed by atoms with E-state index in [-0.39, 0.29) is 0 Å². The topological polar surface area (TPSA) is 29.1 Å². The molecule has 0 N–H and O–H groups in total. The molecule has 0 aromatic carbocycles. The second-order valence-corrected chi connectivity index (χ2v) is 5.98. The molecule has 0 saturated heterocycles. The van der Waals surface area contributed by atoms with Crippen molar-refractivity contribution in [1.82, 2.24) is 0 Å². The summed E-state index contributed by atoms with van der Waals surface area (Å²) in [7, 11) is 0. The quantitative estimate of drug-likeness (QED) is 0.243. The van der Waals surface area contributed by atoms with Crippen LogP contribution in [0.1, 0.15) is 104 Å². The van der Waals surface area contributed by atoms with Crippen molar-refractivity contribution in [2.75, 3.05) is 6.61 Å². The minimum atomic E-state index is -0.777. The van der Waals surface area contributed by atoms with Crippen LogP contribution in [0.25, 0.3) is 0 Å². The molecule has 0 spiro atoms. The number of rotatable bonds is 16. The van der Waals surface area contributed by atoms with Crippen LogP contribution in [-0.4, -0.2) is 12.9 Å². The third-order valence-electron chi connectivity index (χ3n) is 3.85. The lowest BCUT2D eigenvalue weighted by Gasteiger charge is -2.09. The largest absolute Gasteiger partial charge is 0.350 e. The van der Waals surface area contributed by atoms with Gasteiger partial charge in [-0.3, -0.25) is 0 Å². The molecular formula is C18H37O2. The molecule has 1 unspecified atom stereocenters. The van der Waals surface area contributed by atoms with Crippen molar-refractivity contribution in [1.29, 1.82) is 0 Å². The Morgan fingerprint density at radius 1 is 0.650 bits per heavy atom. The summed E-state index contributed by atoms with van der Waals surface area (Å²) in [5, 5.41) is 11.5. The minimum Gasteiger partial charge on any atom is -0.350 e. The van der Waals surface area contributed by atoms with Crippen LogP contribution in [0.3, 0.4) is 0 Å². The minimum absolute atomic E-state index is 0.653. The molecule has 2 nitrogen and oxygen atoms in total. The van der Waals surface area contributed by atoms with Crippen LogP contribution in [-0.2, 0) is 9.84 Å². The van der Waals surface area contributed by atoms with Gasteiger partial charge in [0.15, 0.2) is 6.29 Å². The second kappa shape index (κ2) is 17.0. The maximum absolute atomic E-state index is 11.5. The van der Waals surface area contributed by atoms with Crippen LogP contribution in [0.2, 0.25) is 0 Å². The fourth-order valence-corrected chi connectivity index (χ4v) is 2.45. The van der Waals surface area contributed by atoms with Crippen molar-refractivity contribution < 1.29 is 9.84 Å². The van der Waals surface area contributed by atoms with Gasteiger partial charge in [0, 0.05) is 13.0 Å². The molecular weight excluding hydrogens is 248 g/mol. The Balaban J connectivity index is 3.07. The van der Waals surface area contributed by atoms with E-state index in [1.54, 1.807) is 0 Å². The first kappa shape index (κ1) is 19.9. The van der Waals surface area contributed by atoms with Crippen LogP contribution >= 0.6 is 0 Å². The molecule has 0 rings (SSSR count). The van der Waals surface area contributed by atoms with E-state index in [1.807, 2.05) is 0 Å². The van der Waals surface area contributed by atoms with Crippen molar-refractivity contribution >= 4 is 0 Å². The van der Waals surface area contributed by atoms with Gasteiger partial charge in [-0.25, -0.2) is 5.11 Å². The van der Waals surface area contributed by atoms with Crippen molar-refractivity contribution in [3.05, 3.63) is 0 Å². The van der Waals surface area contributed by atoms with Gasteiger partial charge in [-0.1, -0.05) is 84.5 Å². The summed E-state index contributed by atoms with van der Waals surface area (Å²) in [5.41, 5.74) is 0. The monoisotopic (exact) mass is 285 g/mol. The summed E-state index contributed by atoms with van der Waals surface area (Å²) < 4.78 is 5.27. The summed E-state index contributed by atoms with van der Waals surface area (Å²) in [6.07, 6.45) is 16.5. The average Bonchev–Trinajstić information content (AvgIpc) is 2.45. The van der Waals surface area contributed by atoms with Gasteiger partial charge >= 0.3 is 0 Å². The van der Waals surface area contributed by atoms with E-state index in [1.165, 1.54) is 70.6 Å². The van der Waals surface area contributed by atoms with E-state index in [2.05, 4.69) is 13.8 Å². The van der Waals surface area contributed by atoms with Crippen molar-refractivity contribution in [2.24, 2.45) is 0 Å². The first-order valence-corrected chi connectivity index (χ1v) is 9.08. The number of hydrogen-bond donors (Lipinski definition) is 0. The van der Waals surface area contributed by atoms with Crippen LogP contribution in [0.4, 0.5) is 0 Å². The molecule has 1 atom stereocenters. The van der Waals surface area contributed by atoms with E-state index >= 15 is 0 Å². The predicted molar refractivity (Wildman–Crippen MR) is 86.4 cm³/mol. The van der Waals surface area contributed by atoms with Gasteiger partial charge in [0.2, 0.25) is 0 Å². The standard InChI is InChI=1S/C18H37O2/c1-3-5-7-8-9-10-11-12-13-14-16-18(19)20-17-15-6-4-2/h18H,3-17H2,1-2H3. The number of hydrogen-bond acceptors (Lipinski definition) is 1. The van der Waals surface area contributed by atoms with Crippen molar-refractivity contribution in [3.8, 4) is 0 Å². The van der Waals surface area contributed by atoms with Gasteiger partial charge in [0.25, 0.3) is 0 Å². The van der Waals surface area contributed by atoms with Gasteiger partial charge in [0.1, 0.15) is 0 Å². The van der Waals surface area contributed by atoms with E-state index in [4.69, 9.17) is 4.74 Å². The van der Waals surface area contributed by atoms with Crippen LogP contribution in [0, 0.1) is 0 Å². The number of unbranched alkanes of at least 4 members (excludes halogenated alkanes) is 11. The Morgan fingerprint density at radius 2 is 1.10 bits per heavy atom. The summed E-state index contributed by atoms with van der Waals surface area (Å²) in [6.45, 7) is 5.08. The molecule has 0 heterocycles. The Kier molecular flexibility index (Phi) is 16.9. The summed E-state index contributed by atoms with van der Waals surface area (Å²) in [4.78, 5) is 0. The van der Waals surface area contributed by atoms with E-state index in [9.17, 15) is 5.11 Å². The maximum atomic E-state index is 11.5. The molecule has 0 aromatic rings. The predicted octanol–water partition coefficient (Wildman–Crippen LogP) is 6.26. The summed E-state index contributed by atoms with van der Waals surface area (Å²) in [5.74, 6) is 0. The maximum Gasteiger partial charge on any atom is 0.191 e. The molecule has 2 heteroatoms. The zero-order chi connectivity index (χ0) is 14.9. The zero-order valence-corrected chi connectivity index (χ0v) is 14.0. The molecule has 0 aliphatic rings. The summed E-state index contributed by atoms with van der Waals surface area (Å²) >= 11 is 0. The first-order valence-electron chi connectivity index (χ1n) is 9.08. The molecule has 0 amide bonds. The third kappa shape index (κ3) is 16.0. The molecule has 0 aliphatic heterocycles. The van der Waals surface area contributed by atoms with Crippen LogP contribution in [0.5, 0.6) is 0 Å². The van der Waals surface area contributed by atoms with Crippen molar-refractivity contribution in [3.63, 3.8) is 0 Å². The van der Waals surface area contributed by atoms with Crippen LogP contribution < -0.4 is 0 Å². The highest BCUT2D eigenvalue weighted by molar-refractivity contribution is 4.49. The van der Waals surface area contributed by atoms with E-state index in [0.717, 1.165) is 12.8 Å². The first-order chi connectivity index (χ1) is 9.81. The van der Waals surface area contributed by atoms with E-state index in [0.29, 0.717) is 13.0 Å². The molecule has 0 saturated carbocycles. The Labute approximate surface area is 127 Å². The Morgan fingerprint density at radius 3 is 1.65 bits per heavy atom. The lowest BCUT2D eigenvalue weighted by Crippen LogP contribution is -2.11. The third-order valence-corrected chi connectivity index (χ3v) is 3.85. The molecule has 0 aliphatic carbocycles. The Bertz CT molecular complexity index is 171. The van der Waals surface area contributed by atoms with Crippen molar-refractivity contribution in [2.45, 2.75) is 110 Å². The summed E-state index contributed by atoms with van der Waals surface area (Å²) in [6, 6.07) is 0. The molecule has 0 fully saturated rings. The second-order valence-electron chi connectivity index (χ2n) is 5.98. The lowest BCUT2D eigenvalue weighted by atomic mass is 10.1. The highest BCUT2D eigenvalue weighted by Gasteiger charge is 2.05. The SMILES string of the molecule is CCCCCCCCCCCCC([O])OCCCCC. The Hall–Kier alpha value is -0.0800. The van der Waals surface area contributed by atoms with Gasteiger partial charge in [-0.05, 0) is 12.8 Å². The molecule has 121 valence electrons. The van der Waals surface area contributed by atoms with E-state index < -0.39 is 6.29 Å². The molecule has 20 heavy (non-hydrogen) atoms. The van der Waals surface area contributed by atoms with Gasteiger partial charge < -0.3 is 4.74 Å². The van der Waals surface area contributed by atoms with Gasteiger partial charge in [0.05, 0.1) is 0 Å². The zero-order valence-electron chi connectivity index (χ0n) is 14.0. The highest BCUT2D eigenvalue weighted by atomic mass is 16.6. The fraction of sp³-hybridized carbons (Fsp3) is 1.00. The fourth-order valence-electron chi connectivity index (χ4n) is 2.45. The lowest BCUT2D eigenvalue weighted by molar-refractivity contribution is -0.144. The molecule has 0 bridgehead atoms. The number of ether oxygens (including phenoxy) is 1. The molecule has 1 radical (unpaired) electrons.